The first-order valence-corrected chi connectivity index (χ1v) is 9.01. The number of benzene rings is 1. The van der Waals surface area contributed by atoms with Gasteiger partial charge in [-0.2, -0.15) is 5.26 Å². The monoisotopic (exact) mass is 362 g/mol. The van der Waals surface area contributed by atoms with E-state index in [1.807, 2.05) is 18.4 Å². The van der Waals surface area contributed by atoms with Crippen LogP contribution in [0.4, 0.5) is 0 Å². The number of aromatic nitrogens is 1. The van der Waals surface area contributed by atoms with E-state index in [4.69, 9.17) is 11.0 Å². The van der Waals surface area contributed by atoms with Crippen molar-refractivity contribution in [1.29, 1.82) is 5.26 Å². The zero-order valence-electron chi connectivity index (χ0n) is 14.2. The van der Waals surface area contributed by atoms with E-state index in [0.29, 0.717) is 22.4 Å². The number of allylic oxidation sites excluding steroid dienone is 1. The highest BCUT2D eigenvalue weighted by molar-refractivity contribution is 8.01. The van der Waals surface area contributed by atoms with Crippen LogP contribution in [-0.2, 0) is 4.79 Å². The Morgan fingerprint density at radius 2 is 2.08 bits per heavy atom. The SMILES string of the molecule is CS/C=C\NC(=O)/C(=C(N)/C=C/c1cccnc1)c1ccc(C#N)cc1. The van der Waals surface area contributed by atoms with E-state index in [1.165, 1.54) is 11.8 Å². The molecule has 0 spiro atoms. The van der Waals surface area contributed by atoms with Crippen molar-refractivity contribution >= 4 is 29.3 Å². The molecule has 0 atom stereocenters. The summed E-state index contributed by atoms with van der Waals surface area (Å²) >= 11 is 1.47. The van der Waals surface area contributed by atoms with Crippen LogP contribution in [0.15, 0.2) is 72.2 Å². The highest BCUT2D eigenvalue weighted by atomic mass is 32.2. The molecule has 1 aromatic carbocycles. The number of hydrogen-bond donors (Lipinski definition) is 2. The Labute approximate surface area is 156 Å². The molecule has 0 aliphatic rings. The minimum Gasteiger partial charge on any atom is -0.398 e. The van der Waals surface area contributed by atoms with E-state index >= 15 is 0 Å². The second-order valence-electron chi connectivity index (χ2n) is 5.15. The highest BCUT2D eigenvalue weighted by Gasteiger charge is 2.14. The minimum atomic E-state index is -0.326. The minimum absolute atomic E-state index is 0.314. The molecule has 2 rings (SSSR count). The van der Waals surface area contributed by atoms with Crippen molar-refractivity contribution in [2.24, 2.45) is 5.73 Å². The molecule has 5 nitrogen and oxygen atoms in total. The fourth-order valence-electron chi connectivity index (χ4n) is 2.13. The van der Waals surface area contributed by atoms with Crippen LogP contribution in [0.2, 0.25) is 0 Å². The molecule has 0 aliphatic heterocycles. The lowest BCUT2D eigenvalue weighted by molar-refractivity contribution is -0.114. The molecular weight excluding hydrogens is 344 g/mol. The first kappa shape index (κ1) is 19.0. The Morgan fingerprint density at radius 3 is 2.69 bits per heavy atom. The Morgan fingerprint density at radius 1 is 1.31 bits per heavy atom. The molecule has 6 heteroatoms. The van der Waals surface area contributed by atoms with E-state index < -0.39 is 0 Å². The lowest BCUT2D eigenvalue weighted by Gasteiger charge is -2.09. The van der Waals surface area contributed by atoms with Crippen molar-refractivity contribution in [2.75, 3.05) is 6.26 Å². The number of nitriles is 1. The fraction of sp³-hybridized carbons (Fsp3) is 0.0500. The van der Waals surface area contributed by atoms with Crippen molar-refractivity contribution in [3.63, 3.8) is 0 Å². The molecule has 3 N–H and O–H groups in total. The number of amides is 1. The summed E-state index contributed by atoms with van der Waals surface area (Å²) in [5.41, 5.74) is 8.86. The smallest absolute Gasteiger partial charge is 0.257 e. The molecule has 0 saturated carbocycles. The van der Waals surface area contributed by atoms with Crippen LogP contribution in [0.1, 0.15) is 16.7 Å². The topological polar surface area (TPSA) is 91.8 Å². The van der Waals surface area contributed by atoms with Crippen LogP contribution in [0.5, 0.6) is 0 Å². The maximum absolute atomic E-state index is 12.6. The molecule has 130 valence electrons. The molecule has 26 heavy (non-hydrogen) atoms. The largest absolute Gasteiger partial charge is 0.398 e. The van der Waals surface area contributed by atoms with E-state index in [9.17, 15) is 4.79 Å². The van der Waals surface area contributed by atoms with Gasteiger partial charge in [0.05, 0.1) is 17.2 Å². The van der Waals surface area contributed by atoms with Crippen molar-refractivity contribution in [3.05, 3.63) is 88.9 Å². The summed E-state index contributed by atoms with van der Waals surface area (Å²) in [6.07, 6.45) is 10.3. The number of thioether (sulfide) groups is 1. The van der Waals surface area contributed by atoms with Crippen LogP contribution in [-0.4, -0.2) is 17.1 Å². The molecule has 2 aromatic rings. The van der Waals surface area contributed by atoms with E-state index in [0.717, 1.165) is 5.56 Å². The van der Waals surface area contributed by atoms with Gasteiger partial charge in [0.2, 0.25) is 0 Å². The maximum Gasteiger partial charge on any atom is 0.257 e. The highest BCUT2D eigenvalue weighted by Crippen LogP contribution is 2.19. The van der Waals surface area contributed by atoms with Crippen molar-refractivity contribution < 1.29 is 4.79 Å². The van der Waals surface area contributed by atoms with Gasteiger partial charge in [-0.15, -0.1) is 11.8 Å². The molecule has 1 aromatic heterocycles. The molecule has 1 amide bonds. The molecular formula is C20H18N4OS. The Balaban J connectivity index is 2.40. The molecule has 0 fully saturated rings. The summed E-state index contributed by atoms with van der Waals surface area (Å²) in [6, 6.07) is 12.5. The molecule has 0 saturated heterocycles. The molecule has 0 radical (unpaired) electrons. The number of nitrogens with zero attached hydrogens (tertiary/aromatic N) is 2. The van der Waals surface area contributed by atoms with Gasteiger partial charge in [0.1, 0.15) is 0 Å². The second-order valence-corrected chi connectivity index (χ2v) is 5.89. The summed E-state index contributed by atoms with van der Waals surface area (Å²) in [4.78, 5) is 16.6. The van der Waals surface area contributed by atoms with Gasteiger partial charge in [0.15, 0.2) is 0 Å². The van der Waals surface area contributed by atoms with Gasteiger partial charge < -0.3 is 11.1 Å². The number of nitrogens with one attached hydrogen (secondary N) is 1. The van der Waals surface area contributed by atoms with Crippen LogP contribution in [0, 0.1) is 11.3 Å². The first-order chi connectivity index (χ1) is 12.7. The Hall–Kier alpha value is -3.30. The molecule has 1 heterocycles. The lowest BCUT2D eigenvalue weighted by atomic mass is 10.0. The van der Waals surface area contributed by atoms with Crippen molar-refractivity contribution in [2.45, 2.75) is 0 Å². The quantitative estimate of drug-likeness (QED) is 0.608. The van der Waals surface area contributed by atoms with Crippen LogP contribution >= 0.6 is 11.8 Å². The fourth-order valence-corrected chi connectivity index (χ4v) is 2.34. The summed E-state index contributed by atoms with van der Waals surface area (Å²) < 4.78 is 0. The number of carbonyl (C=O) groups is 1. The van der Waals surface area contributed by atoms with Crippen molar-refractivity contribution in [3.8, 4) is 6.07 Å². The number of nitrogens with two attached hydrogens (primary N) is 1. The van der Waals surface area contributed by atoms with Gasteiger partial charge in [-0.05, 0) is 47.1 Å². The van der Waals surface area contributed by atoms with Gasteiger partial charge in [-0.1, -0.05) is 24.3 Å². The van der Waals surface area contributed by atoms with Gasteiger partial charge in [0, 0.05) is 24.3 Å². The zero-order valence-corrected chi connectivity index (χ0v) is 15.0. The van der Waals surface area contributed by atoms with Crippen LogP contribution in [0.3, 0.4) is 0 Å². The van der Waals surface area contributed by atoms with Gasteiger partial charge in [-0.3, -0.25) is 9.78 Å². The summed E-state index contributed by atoms with van der Waals surface area (Å²) in [5.74, 6) is -0.326. The summed E-state index contributed by atoms with van der Waals surface area (Å²) in [5, 5.41) is 13.4. The summed E-state index contributed by atoms with van der Waals surface area (Å²) in [6.45, 7) is 0. The average Bonchev–Trinajstić information content (AvgIpc) is 2.68. The lowest BCUT2D eigenvalue weighted by Crippen LogP contribution is -2.21. The predicted octanol–water partition coefficient (Wildman–Crippen LogP) is 3.29. The standard InChI is InChI=1S/C20H18N4OS/c1-26-12-11-24-20(25)19(17-7-4-15(13-21)5-8-17)18(22)9-6-16-3-2-10-23-14-16/h2-12,14H,22H2,1H3,(H,24,25)/b9-6+,12-11-,19-18-. The number of carbonyl (C=O) groups excluding carboxylic acids is 1. The second kappa shape index (κ2) is 9.87. The van der Waals surface area contributed by atoms with E-state index in [1.54, 1.807) is 60.4 Å². The maximum atomic E-state index is 12.6. The van der Waals surface area contributed by atoms with E-state index in [2.05, 4.69) is 16.4 Å². The van der Waals surface area contributed by atoms with Crippen molar-refractivity contribution in [1.82, 2.24) is 10.3 Å². The third-order valence-corrected chi connectivity index (χ3v) is 3.78. The zero-order chi connectivity index (χ0) is 18.8. The van der Waals surface area contributed by atoms with Crippen LogP contribution in [0.25, 0.3) is 11.6 Å². The van der Waals surface area contributed by atoms with E-state index in [-0.39, 0.29) is 5.91 Å². The first-order valence-electron chi connectivity index (χ1n) is 7.72. The molecule has 0 bridgehead atoms. The normalized spacial score (nSPS) is 12.0. The third kappa shape index (κ3) is 5.36. The number of hydrogen-bond acceptors (Lipinski definition) is 5. The number of pyridine rings is 1. The molecule has 0 unspecified atom stereocenters. The Kier molecular flexibility index (Phi) is 7.22. The molecule has 0 aliphatic carbocycles. The summed E-state index contributed by atoms with van der Waals surface area (Å²) in [7, 11) is 0. The predicted molar refractivity (Wildman–Crippen MR) is 106 cm³/mol. The van der Waals surface area contributed by atoms with Gasteiger partial charge in [-0.25, -0.2) is 0 Å². The Bertz CT molecular complexity index is 878. The van der Waals surface area contributed by atoms with Gasteiger partial charge in [0.25, 0.3) is 5.91 Å². The van der Waals surface area contributed by atoms with Gasteiger partial charge >= 0.3 is 0 Å². The third-order valence-electron chi connectivity index (χ3n) is 3.38. The van der Waals surface area contributed by atoms with Crippen LogP contribution < -0.4 is 11.1 Å². The number of rotatable bonds is 6. The average molecular weight is 362 g/mol.